The van der Waals surface area contributed by atoms with E-state index in [-0.39, 0.29) is 0 Å². The van der Waals surface area contributed by atoms with Crippen LogP contribution in [0.5, 0.6) is 0 Å². The first kappa shape index (κ1) is 16.3. The number of thiophene rings is 1. The van der Waals surface area contributed by atoms with E-state index >= 15 is 0 Å². The number of halogens is 3. The fraction of sp³-hybridized carbons (Fsp3) is 0.429. The van der Waals surface area contributed by atoms with Crippen LogP contribution in [0.2, 0.25) is 0 Å². The lowest BCUT2D eigenvalue weighted by molar-refractivity contribution is 0.00670. The Bertz CT molecular complexity index is 595. The summed E-state index contributed by atoms with van der Waals surface area (Å²) in [6.07, 6.45) is 0. The second-order valence-corrected chi connectivity index (χ2v) is 7.95. The van der Waals surface area contributed by atoms with Crippen LogP contribution in [0.4, 0.5) is 0 Å². The van der Waals surface area contributed by atoms with Gasteiger partial charge in [0.1, 0.15) is 0 Å². The number of benzene rings is 1. The van der Waals surface area contributed by atoms with Crippen LogP contribution in [0.25, 0.3) is 10.1 Å². The fourth-order valence-electron chi connectivity index (χ4n) is 2.32. The molecule has 2 rings (SSSR count). The summed E-state index contributed by atoms with van der Waals surface area (Å²) in [5.41, 5.74) is -1.01. The second-order valence-electron chi connectivity index (χ2n) is 4.72. The van der Waals surface area contributed by atoms with Crippen LogP contribution in [-0.2, 0) is 5.60 Å². The molecular formula is C14H16Cl3NOS. The lowest BCUT2D eigenvalue weighted by Crippen LogP contribution is -2.54. The standard InChI is InChI=1S/C14H16Cl3NOS/c1-3-18-9(2)13(19,14(15,16)17)11-4-5-12-10(8-11)6-7-20-12/h4-9,18-19H,3H2,1-2H3. The van der Waals surface area contributed by atoms with E-state index in [1.54, 1.807) is 11.3 Å². The Morgan fingerprint density at radius 3 is 2.60 bits per heavy atom. The van der Waals surface area contributed by atoms with Gasteiger partial charge in [-0.1, -0.05) is 47.8 Å². The molecule has 0 spiro atoms. The third kappa shape index (κ3) is 2.80. The van der Waals surface area contributed by atoms with Gasteiger partial charge in [0.2, 0.25) is 3.79 Å². The van der Waals surface area contributed by atoms with Gasteiger partial charge in [-0.25, -0.2) is 0 Å². The molecule has 1 heterocycles. The summed E-state index contributed by atoms with van der Waals surface area (Å²) in [7, 11) is 0. The molecule has 0 bridgehead atoms. The number of likely N-dealkylation sites (N-methyl/N-ethyl adjacent to an activating group) is 1. The molecule has 2 aromatic rings. The van der Waals surface area contributed by atoms with E-state index in [9.17, 15) is 5.11 Å². The normalized spacial score (nSPS) is 17.1. The Hall–Kier alpha value is -0.0300. The summed E-state index contributed by atoms with van der Waals surface area (Å²) in [5.74, 6) is 0. The minimum atomic E-state index is -1.84. The molecule has 1 aromatic carbocycles. The molecule has 0 amide bonds. The predicted molar refractivity (Wildman–Crippen MR) is 89.2 cm³/mol. The summed E-state index contributed by atoms with van der Waals surface area (Å²) in [6.45, 7) is 4.42. The van der Waals surface area contributed by atoms with Crippen molar-refractivity contribution in [1.82, 2.24) is 5.32 Å². The molecule has 110 valence electrons. The zero-order valence-corrected chi connectivity index (χ0v) is 14.2. The average molecular weight is 353 g/mol. The number of aliphatic hydroxyl groups is 1. The van der Waals surface area contributed by atoms with E-state index in [0.717, 1.165) is 10.1 Å². The van der Waals surface area contributed by atoms with Crippen molar-refractivity contribution < 1.29 is 5.11 Å². The Labute approximate surface area is 137 Å². The van der Waals surface area contributed by atoms with Crippen molar-refractivity contribution in [2.75, 3.05) is 6.54 Å². The number of hydrogen-bond acceptors (Lipinski definition) is 3. The summed E-state index contributed by atoms with van der Waals surface area (Å²) in [6, 6.07) is 7.21. The molecule has 2 N–H and O–H groups in total. The van der Waals surface area contributed by atoms with Crippen LogP contribution in [0.15, 0.2) is 29.6 Å². The average Bonchev–Trinajstić information content (AvgIpc) is 2.83. The minimum absolute atomic E-state index is 0.406. The van der Waals surface area contributed by atoms with Gasteiger partial charge >= 0.3 is 0 Å². The van der Waals surface area contributed by atoms with Gasteiger partial charge in [0.05, 0.1) is 0 Å². The number of nitrogens with one attached hydrogen (secondary N) is 1. The molecule has 0 aliphatic rings. The third-order valence-corrected chi connectivity index (χ3v) is 5.22. The summed E-state index contributed by atoms with van der Waals surface area (Å²) in [4.78, 5) is 0. The quantitative estimate of drug-likeness (QED) is 0.796. The van der Waals surface area contributed by atoms with Gasteiger partial charge in [-0.05, 0) is 48.0 Å². The Morgan fingerprint density at radius 2 is 2.00 bits per heavy atom. The smallest absolute Gasteiger partial charge is 0.224 e. The lowest BCUT2D eigenvalue weighted by Gasteiger charge is -2.40. The highest BCUT2D eigenvalue weighted by Gasteiger charge is 2.52. The molecule has 2 unspecified atom stereocenters. The molecule has 2 atom stereocenters. The van der Waals surface area contributed by atoms with Crippen molar-refractivity contribution in [3.05, 3.63) is 35.2 Å². The highest BCUT2D eigenvalue weighted by atomic mass is 35.6. The molecule has 0 saturated heterocycles. The maximum atomic E-state index is 11.1. The number of fused-ring (bicyclic) bond motifs is 1. The summed E-state index contributed by atoms with van der Waals surface area (Å²) in [5, 5.41) is 17.2. The monoisotopic (exact) mass is 351 g/mol. The van der Waals surface area contributed by atoms with Gasteiger partial charge in [-0.15, -0.1) is 11.3 Å². The Kier molecular flexibility index (Phi) is 4.90. The first-order valence-corrected chi connectivity index (χ1v) is 8.32. The summed E-state index contributed by atoms with van der Waals surface area (Å²) >= 11 is 19.9. The molecule has 0 saturated carbocycles. The van der Waals surface area contributed by atoms with E-state index < -0.39 is 15.4 Å². The maximum absolute atomic E-state index is 11.1. The minimum Gasteiger partial charge on any atom is -0.379 e. The van der Waals surface area contributed by atoms with Crippen LogP contribution in [0.1, 0.15) is 19.4 Å². The van der Waals surface area contributed by atoms with Crippen molar-refractivity contribution in [2.24, 2.45) is 0 Å². The molecule has 0 aliphatic carbocycles. The predicted octanol–water partition coefficient (Wildman–Crippen LogP) is 4.46. The number of hydrogen-bond donors (Lipinski definition) is 2. The SMILES string of the molecule is CCNC(C)C(O)(c1ccc2sccc2c1)C(Cl)(Cl)Cl. The molecule has 20 heavy (non-hydrogen) atoms. The Morgan fingerprint density at radius 1 is 1.30 bits per heavy atom. The van der Waals surface area contributed by atoms with Crippen LogP contribution in [0.3, 0.4) is 0 Å². The largest absolute Gasteiger partial charge is 0.379 e. The summed E-state index contributed by atoms with van der Waals surface area (Å²) < 4.78 is -0.699. The first-order chi connectivity index (χ1) is 9.30. The van der Waals surface area contributed by atoms with Crippen LogP contribution >= 0.6 is 46.1 Å². The third-order valence-electron chi connectivity index (χ3n) is 3.46. The van der Waals surface area contributed by atoms with Crippen molar-refractivity contribution in [3.8, 4) is 0 Å². The van der Waals surface area contributed by atoms with Gasteiger partial charge in [0, 0.05) is 10.7 Å². The van der Waals surface area contributed by atoms with E-state index in [2.05, 4.69) is 5.32 Å². The van der Waals surface area contributed by atoms with Gasteiger partial charge in [0.25, 0.3) is 0 Å². The highest BCUT2D eigenvalue weighted by Crippen LogP contribution is 2.47. The van der Waals surface area contributed by atoms with Crippen molar-refractivity contribution in [1.29, 1.82) is 0 Å². The number of rotatable bonds is 4. The van der Waals surface area contributed by atoms with Crippen molar-refractivity contribution in [2.45, 2.75) is 29.3 Å². The highest BCUT2D eigenvalue weighted by molar-refractivity contribution is 7.17. The van der Waals surface area contributed by atoms with Crippen LogP contribution < -0.4 is 5.32 Å². The van der Waals surface area contributed by atoms with Gasteiger partial charge in [0.15, 0.2) is 5.60 Å². The van der Waals surface area contributed by atoms with E-state index in [1.165, 1.54) is 0 Å². The molecule has 1 aromatic heterocycles. The van der Waals surface area contributed by atoms with E-state index in [0.29, 0.717) is 12.1 Å². The molecule has 0 aliphatic heterocycles. The second kappa shape index (κ2) is 5.99. The molecule has 2 nitrogen and oxygen atoms in total. The van der Waals surface area contributed by atoms with E-state index in [1.807, 2.05) is 43.5 Å². The molecular weight excluding hydrogens is 337 g/mol. The maximum Gasteiger partial charge on any atom is 0.224 e. The van der Waals surface area contributed by atoms with Crippen LogP contribution in [-0.4, -0.2) is 21.5 Å². The zero-order valence-electron chi connectivity index (χ0n) is 11.2. The van der Waals surface area contributed by atoms with Gasteiger partial charge in [-0.2, -0.15) is 0 Å². The Balaban J connectivity index is 2.55. The molecule has 0 fully saturated rings. The topological polar surface area (TPSA) is 32.3 Å². The fourth-order valence-corrected chi connectivity index (χ4v) is 3.91. The number of alkyl halides is 3. The molecule has 6 heteroatoms. The van der Waals surface area contributed by atoms with Crippen molar-refractivity contribution in [3.63, 3.8) is 0 Å². The van der Waals surface area contributed by atoms with E-state index in [4.69, 9.17) is 34.8 Å². The van der Waals surface area contributed by atoms with Gasteiger partial charge in [-0.3, -0.25) is 0 Å². The first-order valence-electron chi connectivity index (χ1n) is 6.31. The van der Waals surface area contributed by atoms with Crippen molar-refractivity contribution >= 4 is 56.2 Å². The van der Waals surface area contributed by atoms with Crippen LogP contribution in [0, 0.1) is 0 Å². The molecule has 0 radical (unpaired) electrons. The zero-order chi connectivity index (χ0) is 15.0. The lowest BCUT2D eigenvalue weighted by atomic mass is 9.87. The van der Waals surface area contributed by atoms with Gasteiger partial charge < -0.3 is 10.4 Å².